The molecule has 1 aliphatic carbocycles. The molecule has 2 amide bonds. The lowest BCUT2D eigenvalue weighted by atomic mass is 10.1. The maximum Gasteiger partial charge on any atom is 0.239 e. The van der Waals surface area contributed by atoms with E-state index >= 15 is 0 Å². The molecule has 1 aliphatic rings. The molecule has 5 N–H and O–H groups in total. The molecule has 6 heteroatoms. The summed E-state index contributed by atoms with van der Waals surface area (Å²) in [5, 5.41) is 14.7. The maximum absolute atomic E-state index is 11.5. The topological polar surface area (TPSA) is 104 Å². The van der Waals surface area contributed by atoms with Gasteiger partial charge in [0.25, 0.3) is 0 Å². The number of hydrogen-bond acceptors (Lipinski definition) is 4. The average molecular weight is 271 g/mol. The number of aliphatic hydroxyl groups excluding tert-OH is 1. The van der Waals surface area contributed by atoms with Gasteiger partial charge in [0.15, 0.2) is 0 Å². The summed E-state index contributed by atoms with van der Waals surface area (Å²) >= 11 is 0. The van der Waals surface area contributed by atoms with Crippen LogP contribution in [0.5, 0.6) is 0 Å². The minimum atomic E-state index is -0.585. The second-order valence-electron chi connectivity index (χ2n) is 5.62. The Morgan fingerprint density at radius 3 is 2.53 bits per heavy atom. The van der Waals surface area contributed by atoms with E-state index in [1.165, 1.54) is 0 Å². The van der Waals surface area contributed by atoms with Crippen molar-refractivity contribution < 1.29 is 14.7 Å². The molecule has 3 atom stereocenters. The van der Waals surface area contributed by atoms with E-state index in [0.29, 0.717) is 12.5 Å². The molecular formula is C13H25N3O3. The zero-order chi connectivity index (χ0) is 14.4. The van der Waals surface area contributed by atoms with Gasteiger partial charge in [0.2, 0.25) is 11.8 Å². The van der Waals surface area contributed by atoms with Gasteiger partial charge in [-0.05, 0) is 31.1 Å². The fourth-order valence-corrected chi connectivity index (χ4v) is 2.14. The first kappa shape index (κ1) is 15.9. The highest BCUT2D eigenvalue weighted by atomic mass is 16.3. The molecule has 1 saturated carbocycles. The van der Waals surface area contributed by atoms with Gasteiger partial charge in [0.1, 0.15) is 0 Å². The van der Waals surface area contributed by atoms with Gasteiger partial charge in [-0.3, -0.25) is 9.59 Å². The predicted octanol–water partition coefficient (Wildman–Crippen LogP) is -0.637. The lowest BCUT2D eigenvalue weighted by molar-refractivity contribution is -0.127. The number of rotatable bonds is 6. The third kappa shape index (κ3) is 5.57. The van der Waals surface area contributed by atoms with E-state index < -0.39 is 6.04 Å². The maximum atomic E-state index is 11.5. The summed E-state index contributed by atoms with van der Waals surface area (Å²) in [4.78, 5) is 23.1. The number of nitrogens with one attached hydrogen (secondary N) is 2. The second kappa shape index (κ2) is 7.45. The third-order valence-electron chi connectivity index (χ3n) is 3.55. The molecule has 1 fully saturated rings. The van der Waals surface area contributed by atoms with Crippen molar-refractivity contribution in [3.8, 4) is 0 Å². The molecule has 0 aromatic rings. The van der Waals surface area contributed by atoms with Crippen LogP contribution in [0.15, 0.2) is 0 Å². The van der Waals surface area contributed by atoms with Crippen molar-refractivity contribution in [1.29, 1.82) is 0 Å². The van der Waals surface area contributed by atoms with Gasteiger partial charge < -0.3 is 21.5 Å². The minimum Gasteiger partial charge on any atom is -0.393 e. The minimum absolute atomic E-state index is 0.0445. The molecule has 0 bridgehead atoms. The summed E-state index contributed by atoms with van der Waals surface area (Å²) in [5.41, 5.74) is 5.66. The fraction of sp³-hybridized carbons (Fsp3) is 0.846. The zero-order valence-electron chi connectivity index (χ0n) is 11.7. The van der Waals surface area contributed by atoms with Crippen molar-refractivity contribution in [2.45, 2.75) is 45.3 Å². The molecule has 110 valence electrons. The molecule has 0 spiro atoms. The Bertz CT molecular complexity index is 320. The molecule has 0 aromatic heterocycles. The van der Waals surface area contributed by atoms with Crippen LogP contribution in [-0.2, 0) is 9.59 Å². The van der Waals surface area contributed by atoms with Gasteiger partial charge >= 0.3 is 0 Å². The lowest BCUT2D eigenvalue weighted by Gasteiger charge is -2.15. The third-order valence-corrected chi connectivity index (χ3v) is 3.55. The Labute approximate surface area is 114 Å². The van der Waals surface area contributed by atoms with Crippen LogP contribution >= 0.6 is 0 Å². The molecule has 0 aliphatic heterocycles. The Hall–Kier alpha value is -1.14. The summed E-state index contributed by atoms with van der Waals surface area (Å²) in [6, 6.07) is -0.585. The Balaban J connectivity index is 2.16. The van der Waals surface area contributed by atoms with Crippen molar-refractivity contribution in [1.82, 2.24) is 10.6 Å². The molecule has 2 unspecified atom stereocenters. The summed E-state index contributed by atoms with van der Waals surface area (Å²) in [6.07, 6.45) is 2.25. The van der Waals surface area contributed by atoms with Crippen molar-refractivity contribution in [2.24, 2.45) is 17.6 Å². The number of hydrogen-bond donors (Lipinski definition) is 4. The number of nitrogens with two attached hydrogens (primary N) is 1. The number of aliphatic hydroxyl groups is 1. The van der Waals surface area contributed by atoms with Crippen molar-refractivity contribution in [2.75, 3.05) is 13.1 Å². The first-order valence-corrected chi connectivity index (χ1v) is 6.88. The molecule has 0 heterocycles. The molecule has 0 radical (unpaired) electrons. The van der Waals surface area contributed by atoms with Crippen LogP contribution in [0.2, 0.25) is 0 Å². The van der Waals surface area contributed by atoms with Gasteiger partial charge in [-0.2, -0.15) is 0 Å². The normalized spacial score (nSPS) is 24.3. The van der Waals surface area contributed by atoms with Gasteiger partial charge in [0.05, 0.1) is 18.7 Å². The number of carbonyl (C=O) groups excluding carboxylic acids is 2. The van der Waals surface area contributed by atoms with Gasteiger partial charge in [0, 0.05) is 6.54 Å². The molecule has 6 nitrogen and oxygen atoms in total. The lowest BCUT2D eigenvalue weighted by Crippen LogP contribution is -2.47. The second-order valence-corrected chi connectivity index (χ2v) is 5.62. The van der Waals surface area contributed by atoms with Crippen LogP contribution in [0, 0.1) is 11.8 Å². The highest BCUT2D eigenvalue weighted by Gasteiger charge is 2.23. The van der Waals surface area contributed by atoms with Crippen molar-refractivity contribution in [3.63, 3.8) is 0 Å². The van der Waals surface area contributed by atoms with E-state index in [1.807, 2.05) is 13.8 Å². The van der Waals surface area contributed by atoms with Crippen molar-refractivity contribution >= 4 is 11.8 Å². The Morgan fingerprint density at radius 2 is 2.00 bits per heavy atom. The highest BCUT2D eigenvalue weighted by molar-refractivity contribution is 5.87. The smallest absolute Gasteiger partial charge is 0.239 e. The van der Waals surface area contributed by atoms with Crippen LogP contribution in [0.4, 0.5) is 0 Å². The van der Waals surface area contributed by atoms with E-state index in [4.69, 9.17) is 5.73 Å². The zero-order valence-corrected chi connectivity index (χ0v) is 11.7. The van der Waals surface area contributed by atoms with Crippen molar-refractivity contribution in [3.05, 3.63) is 0 Å². The molecule has 0 saturated heterocycles. The van der Waals surface area contributed by atoms with Gasteiger partial charge in [-0.1, -0.05) is 13.8 Å². The summed E-state index contributed by atoms with van der Waals surface area (Å²) in [5.74, 6) is -0.136. The van der Waals surface area contributed by atoms with E-state index in [9.17, 15) is 14.7 Å². The van der Waals surface area contributed by atoms with E-state index in [1.54, 1.807) is 0 Å². The van der Waals surface area contributed by atoms with E-state index in [0.717, 1.165) is 19.3 Å². The highest BCUT2D eigenvalue weighted by Crippen LogP contribution is 2.24. The van der Waals surface area contributed by atoms with Crippen LogP contribution in [0.1, 0.15) is 33.1 Å². The summed E-state index contributed by atoms with van der Waals surface area (Å²) < 4.78 is 0. The number of carbonyl (C=O) groups is 2. The van der Waals surface area contributed by atoms with E-state index in [-0.39, 0.29) is 30.4 Å². The summed E-state index contributed by atoms with van der Waals surface area (Å²) in [6.45, 7) is 4.22. The number of amides is 2. The standard InChI is InChI=1S/C13H25N3O3/c1-8(2)12(14)13(19)16-7-11(18)15-6-9-3-4-10(17)5-9/h8-10,12,17H,3-7,14H2,1-2H3,(H,15,18)(H,16,19)/t9?,10?,12-/m0/s1. The molecule has 19 heavy (non-hydrogen) atoms. The fourth-order valence-electron chi connectivity index (χ4n) is 2.14. The molecule has 0 aromatic carbocycles. The monoisotopic (exact) mass is 271 g/mol. The molecule has 1 rings (SSSR count). The van der Waals surface area contributed by atoms with Crippen LogP contribution in [0.25, 0.3) is 0 Å². The Kier molecular flexibility index (Phi) is 6.24. The van der Waals surface area contributed by atoms with Gasteiger partial charge in [-0.25, -0.2) is 0 Å². The quantitative estimate of drug-likeness (QED) is 0.516. The molecular weight excluding hydrogens is 246 g/mol. The average Bonchev–Trinajstić information content (AvgIpc) is 2.78. The van der Waals surface area contributed by atoms with E-state index in [2.05, 4.69) is 10.6 Å². The van der Waals surface area contributed by atoms with Crippen LogP contribution < -0.4 is 16.4 Å². The first-order valence-electron chi connectivity index (χ1n) is 6.88. The first-order chi connectivity index (χ1) is 8.90. The van der Waals surface area contributed by atoms with Gasteiger partial charge in [-0.15, -0.1) is 0 Å². The van der Waals surface area contributed by atoms with Crippen LogP contribution in [0.3, 0.4) is 0 Å². The SMILES string of the molecule is CC(C)[C@H](N)C(=O)NCC(=O)NCC1CCC(O)C1. The summed E-state index contributed by atoms with van der Waals surface area (Å²) in [7, 11) is 0. The predicted molar refractivity (Wildman–Crippen MR) is 72.2 cm³/mol. The van der Waals surface area contributed by atoms with Crippen LogP contribution in [-0.4, -0.2) is 42.2 Å². The Morgan fingerprint density at radius 1 is 1.32 bits per heavy atom. The largest absolute Gasteiger partial charge is 0.393 e.